The van der Waals surface area contributed by atoms with Gasteiger partial charge in [-0.1, -0.05) is 19.0 Å². The zero-order valence-corrected chi connectivity index (χ0v) is 11.0. The maximum Gasteiger partial charge on any atom is 0.308 e. The molecule has 7 nitrogen and oxygen atoms in total. The fourth-order valence-corrected chi connectivity index (χ4v) is 1.99. The largest absolute Gasteiger partial charge is 0.481 e. The van der Waals surface area contributed by atoms with Gasteiger partial charge in [-0.25, -0.2) is 0 Å². The molecule has 1 aliphatic rings. The first-order valence-electron chi connectivity index (χ1n) is 6.30. The Balaban J connectivity index is 1.88. The average Bonchev–Trinajstić information content (AvgIpc) is 2.93. The molecule has 2 heterocycles. The molecular formula is C12H17N3O4. The first-order chi connectivity index (χ1) is 8.97. The topological polar surface area (TPSA) is 96.5 Å². The third-order valence-corrected chi connectivity index (χ3v) is 3.15. The monoisotopic (exact) mass is 267 g/mol. The first-order valence-corrected chi connectivity index (χ1v) is 6.30. The minimum Gasteiger partial charge on any atom is -0.481 e. The van der Waals surface area contributed by atoms with Gasteiger partial charge in [-0.2, -0.15) is 4.98 Å². The Bertz CT molecular complexity index is 483. The number of rotatable bonds is 5. The zero-order valence-electron chi connectivity index (χ0n) is 11.0. The molecule has 0 radical (unpaired) electrons. The van der Waals surface area contributed by atoms with Crippen molar-refractivity contribution in [3.05, 3.63) is 11.7 Å². The standard InChI is InChI=1S/C12H17N3O4/c1-7(2)11-13-9(14-19-11)3-4-15-6-8(12(17)18)5-10(15)16/h7-8H,3-6H2,1-2H3,(H,17,18). The number of amides is 1. The molecule has 104 valence electrons. The molecule has 1 amide bonds. The molecule has 7 heteroatoms. The lowest BCUT2D eigenvalue weighted by Gasteiger charge is -2.14. The molecule has 1 aromatic heterocycles. The average molecular weight is 267 g/mol. The van der Waals surface area contributed by atoms with Crippen LogP contribution >= 0.6 is 0 Å². The van der Waals surface area contributed by atoms with Gasteiger partial charge in [-0.05, 0) is 0 Å². The summed E-state index contributed by atoms with van der Waals surface area (Å²) >= 11 is 0. The van der Waals surface area contributed by atoms with Gasteiger partial charge in [0.15, 0.2) is 5.82 Å². The molecule has 0 spiro atoms. The van der Waals surface area contributed by atoms with Crippen molar-refractivity contribution in [2.75, 3.05) is 13.1 Å². The van der Waals surface area contributed by atoms with Crippen LogP contribution in [0.25, 0.3) is 0 Å². The van der Waals surface area contributed by atoms with Crippen LogP contribution in [0.1, 0.15) is 37.9 Å². The lowest BCUT2D eigenvalue weighted by atomic mass is 10.1. The first kappa shape index (κ1) is 13.5. The van der Waals surface area contributed by atoms with E-state index in [2.05, 4.69) is 10.1 Å². The van der Waals surface area contributed by atoms with Crippen molar-refractivity contribution >= 4 is 11.9 Å². The van der Waals surface area contributed by atoms with Crippen LogP contribution in [0.2, 0.25) is 0 Å². The number of hydrogen-bond acceptors (Lipinski definition) is 5. The number of aromatic nitrogens is 2. The van der Waals surface area contributed by atoms with E-state index in [4.69, 9.17) is 9.63 Å². The van der Waals surface area contributed by atoms with Crippen LogP contribution in [0.15, 0.2) is 4.52 Å². The van der Waals surface area contributed by atoms with E-state index in [-0.39, 0.29) is 24.8 Å². The highest BCUT2D eigenvalue weighted by atomic mass is 16.5. The molecule has 1 saturated heterocycles. The van der Waals surface area contributed by atoms with E-state index < -0.39 is 11.9 Å². The number of hydrogen-bond donors (Lipinski definition) is 1. The summed E-state index contributed by atoms with van der Waals surface area (Å²) in [6.45, 7) is 4.61. The van der Waals surface area contributed by atoms with Gasteiger partial charge in [0.2, 0.25) is 11.8 Å². The van der Waals surface area contributed by atoms with Gasteiger partial charge in [0, 0.05) is 31.8 Å². The Labute approximate surface area is 110 Å². The van der Waals surface area contributed by atoms with Crippen LogP contribution in [0, 0.1) is 5.92 Å². The second kappa shape index (κ2) is 5.38. The van der Waals surface area contributed by atoms with Crippen molar-refractivity contribution in [2.45, 2.75) is 32.6 Å². The van der Waals surface area contributed by atoms with Crippen LogP contribution in [-0.4, -0.2) is 45.1 Å². The van der Waals surface area contributed by atoms with E-state index in [9.17, 15) is 9.59 Å². The number of carbonyl (C=O) groups is 2. The van der Waals surface area contributed by atoms with E-state index in [1.807, 2.05) is 13.8 Å². The zero-order chi connectivity index (χ0) is 14.0. The molecule has 1 fully saturated rings. The van der Waals surface area contributed by atoms with Gasteiger partial charge >= 0.3 is 5.97 Å². The maximum absolute atomic E-state index is 11.6. The number of carboxylic acids is 1. The predicted molar refractivity (Wildman–Crippen MR) is 64.4 cm³/mol. The van der Waals surface area contributed by atoms with Crippen molar-refractivity contribution in [2.24, 2.45) is 5.92 Å². The number of carbonyl (C=O) groups excluding carboxylic acids is 1. The molecule has 0 saturated carbocycles. The van der Waals surface area contributed by atoms with E-state index >= 15 is 0 Å². The molecule has 1 aliphatic heterocycles. The van der Waals surface area contributed by atoms with Crippen molar-refractivity contribution in [1.82, 2.24) is 15.0 Å². The number of likely N-dealkylation sites (tertiary alicyclic amines) is 1. The van der Waals surface area contributed by atoms with Gasteiger partial charge in [0.05, 0.1) is 5.92 Å². The summed E-state index contributed by atoms with van der Waals surface area (Å²) in [5, 5.41) is 12.7. The lowest BCUT2D eigenvalue weighted by Crippen LogP contribution is -2.28. The van der Waals surface area contributed by atoms with Crippen LogP contribution in [0.4, 0.5) is 0 Å². The SMILES string of the molecule is CC(C)c1nc(CCN2CC(C(=O)O)CC2=O)no1. The summed E-state index contributed by atoms with van der Waals surface area (Å²) in [7, 11) is 0. The quantitative estimate of drug-likeness (QED) is 0.842. The minimum absolute atomic E-state index is 0.0822. The Kier molecular flexibility index (Phi) is 3.82. The fraction of sp³-hybridized carbons (Fsp3) is 0.667. The highest BCUT2D eigenvalue weighted by molar-refractivity contribution is 5.86. The molecule has 1 aromatic rings. The second-order valence-corrected chi connectivity index (χ2v) is 5.03. The van der Waals surface area contributed by atoms with Gasteiger partial charge in [-0.15, -0.1) is 0 Å². The lowest BCUT2D eigenvalue weighted by molar-refractivity contribution is -0.141. The Hall–Kier alpha value is -1.92. The van der Waals surface area contributed by atoms with Gasteiger partial charge in [0.25, 0.3) is 0 Å². The summed E-state index contributed by atoms with van der Waals surface area (Å²) < 4.78 is 5.07. The molecule has 1 unspecified atom stereocenters. The Morgan fingerprint density at radius 1 is 1.58 bits per heavy atom. The van der Waals surface area contributed by atoms with Crippen LogP contribution in [0.5, 0.6) is 0 Å². The van der Waals surface area contributed by atoms with Gasteiger partial charge in [-0.3, -0.25) is 9.59 Å². The number of aliphatic carboxylic acids is 1. The molecule has 1 N–H and O–H groups in total. The summed E-state index contributed by atoms with van der Waals surface area (Å²) in [4.78, 5) is 28.2. The van der Waals surface area contributed by atoms with Crippen molar-refractivity contribution in [1.29, 1.82) is 0 Å². The maximum atomic E-state index is 11.6. The molecule has 0 bridgehead atoms. The van der Waals surface area contributed by atoms with Crippen LogP contribution in [-0.2, 0) is 16.0 Å². The summed E-state index contributed by atoms with van der Waals surface area (Å²) in [6, 6.07) is 0. The number of carboxylic acid groups (broad SMARTS) is 1. The Morgan fingerprint density at radius 3 is 2.84 bits per heavy atom. The molecule has 0 aliphatic carbocycles. The highest BCUT2D eigenvalue weighted by Gasteiger charge is 2.33. The molecule has 0 aromatic carbocycles. The molecule has 2 rings (SSSR count). The highest BCUT2D eigenvalue weighted by Crippen LogP contribution is 2.18. The van der Waals surface area contributed by atoms with Gasteiger partial charge < -0.3 is 14.5 Å². The second-order valence-electron chi connectivity index (χ2n) is 5.03. The summed E-state index contributed by atoms with van der Waals surface area (Å²) in [6.07, 6.45) is 0.563. The third kappa shape index (κ3) is 3.10. The summed E-state index contributed by atoms with van der Waals surface area (Å²) in [5.74, 6) is -0.339. The third-order valence-electron chi connectivity index (χ3n) is 3.15. The van der Waals surface area contributed by atoms with E-state index in [0.717, 1.165) is 0 Å². The normalized spacial score (nSPS) is 19.4. The van der Waals surface area contributed by atoms with Gasteiger partial charge in [0.1, 0.15) is 0 Å². The van der Waals surface area contributed by atoms with E-state index in [1.54, 1.807) is 4.90 Å². The van der Waals surface area contributed by atoms with Crippen LogP contribution < -0.4 is 0 Å². The minimum atomic E-state index is -0.919. The van der Waals surface area contributed by atoms with Crippen molar-refractivity contribution in [3.8, 4) is 0 Å². The molecule has 1 atom stereocenters. The van der Waals surface area contributed by atoms with E-state index in [0.29, 0.717) is 24.7 Å². The van der Waals surface area contributed by atoms with E-state index in [1.165, 1.54) is 0 Å². The predicted octanol–water partition coefficient (Wildman–Crippen LogP) is 0.669. The smallest absolute Gasteiger partial charge is 0.308 e. The molecule has 19 heavy (non-hydrogen) atoms. The Morgan fingerprint density at radius 2 is 2.32 bits per heavy atom. The molecular weight excluding hydrogens is 250 g/mol. The van der Waals surface area contributed by atoms with Crippen LogP contribution in [0.3, 0.4) is 0 Å². The van der Waals surface area contributed by atoms with Crippen molar-refractivity contribution < 1.29 is 19.2 Å². The van der Waals surface area contributed by atoms with Crippen molar-refractivity contribution in [3.63, 3.8) is 0 Å². The fourth-order valence-electron chi connectivity index (χ4n) is 1.99. The summed E-state index contributed by atoms with van der Waals surface area (Å²) in [5.41, 5.74) is 0. The number of nitrogens with zero attached hydrogens (tertiary/aromatic N) is 3.